The van der Waals surface area contributed by atoms with Crippen molar-refractivity contribution in [2.75, 3.05) is 5.32 Å². The van der Waals surface area contributed by atoms with Gasteiger partial charge in [-0.1, -0.05) is 0 Å². The van der Waals surface area contributed by atoms with Gasteiger partial charge < -0.3 is 11.1 Å². The van der Waals surface area contributed by atoms with Gasteiger partial charge in [-0.05, 0) is 49.3 Å². The third-order valence-corrected chi connectivity index (χ3v) is 5.69. The van der Waals surface area contributed by atoms with E-state index in [1.165, 1.54) is 6.42 Å². The topological polar surface area (TPSA) is 68.0 Å². The van der Waals surface area contributed by atoms with Gasteiger partial charge in [0.05, 0.1) is 21.6 Å². The van der Waals surface area contributed by atoms with Crippen molar-refractivity contribution in [3.05, 3.63) is 23.7 Å². The maximum atomic E-state index is 12.5. The summed E-state index contributed by atoms with van der Waals surface area (Å²) in [5.74, 6) is 1.11. The molecule has 21 heavy (non-hydrogen) atoms. The summed E-state index contributed by atoms with van der Waals surface area (Å²) in [5.41, 5.74) is 9.80. The summed E-state index contributed by atoms with van der Waals surface area (Å²) in [4.78, 5) is 16.8. The quantitative estimate of drug-likeness (QED) is 0.892. The number of thiazole rings is 1. The Bertz CT molecular complexity index is 672. The minimum absolute atomic E-state index is 0. The van der Waals surface area contributed by atoms with E-state index in [0.29, 0.717) is 11.8 Å². The highest BCUT2D eigenvalue weighted by Crippen LogP contribution is 2.47. The van der Waals surface area contributed by atoms with E-state index < -0.39 is 0 Å². The number of hydrogen-bond donors (Lipinski definition) is 2. The lowest BCUT2D eigenvalue weighted by Crippen LogP contribution is -2.42. The molecule has 112 valence electrons. The first kappa shape index (κ1) is 14.8. The van der Waals surface area contributed by atoms with E-state index in [1.54, 1.807) is 11.3 Å². The van der Waals surface area contributed by atoms with E-state index in [4.69, 9.17) is 5.73 Å². The molecule has 3 N–H and O–H groups in total. The molecule has 4 atom stereocenters. The number of fused-ring (bicyclic) bond motifs is 3. The first-order valence-corrected chi connectivity index (χ1v) is 8.00. The molecule has 2 aromatic rings. The number of halogens is 1. The van der Waals surface area contributed by atoms with Crippen molar-refractivity contribution in [3.8, 4) is 0 Å². The molecule has 1 amide bonds. The molecule has 1 aromatic heterocycles. The Morgan fingerprint density at radius 1 is 1.33 bits per heavy atom. The molecule has 4 nitrogen and oxygen atoms in total. The first-order valence-electron chi connectivity index (χ1n) is 7.12. The third-order valence-electron chi connectivity index (χ3n) is 4.88. The molecule has 2 aliphatic rings. The zero-order chi connectivity index (χ0) is 13.7. The summed E-state index contributed by atoms with van der Waals surface area (Å²) in [6.45, 7) is 0. The van der Waals surface area contributed by atoms with Crippen LogP contribution in [0, 0.1) is 17.8 Å². The van der Waals surface area contributed by atoms with E-state index in [-0.39, 0.29) is 30.3 Å². The van der Waals surface area contributed by atoms with Crippen LogP contribution in [0.4, 0.5) is 5.69 Å². The van der Waals surface area contributed by atoms with Crippen LogP contribution < -0.4 is 11.1 Å². The zero-order valence-corrected chi connectivity index (χ0v) is 13.1. The molecule has 1 aromatic carbocycles. The van der Waals surface area contributed by atoms with Gasteiger partial charge in [-0.3, -0.25) is 4.79 Å². The second-order valence-corrected chi connectivity index (χ2v) is 6.85. The van der Waals surface area contributed by atoms with Gasteiger partial charge in [0.15, 0.2) is 0 Å². The van der Waals surface area contributed by atoms with Crippen molar-refractivity contribution in [2.24, 2.45) is 23.5 Å². The highest BCUT2D eigenvalue weighted by molar-refractivity contribution is 7.16. The number of benzene rings is 1. The van der Waals surface area contributed by atoms with E-state index in [0.717, 1.165) is 28.7 Å². The van der Waals surface area contributed by atoms with Gasteiger partial charge in [-0.25, -0.2) is 4.98 Å². The normalized spacial score (nSPS) is 30.3. The Labute approximate surface area is 133 Å². The van der Waals surface area contributed by atoms with Crippen LogP contribution in [0.5, 0.6) is 0 Å². The van der Waals surface area contributed by atoms with Gasteiger partial charge in [0.2, 0.25) is 5.91 Å². The number of nitrogens with two attached hydrogens (primary N) is 1. The maximum absolute atomic E-state index is 12.5. The van der Waals surface area contributed by atoms with Crippen LogP contribution in [0.15, 0.2) is 23.7 Å². The van der Waals surface area contributed by atoms with E-state index in [9.17, 15) is 4.79 Å². The van der Waals surface area contributed by atoms with Crippen molar-refractivity contribution in [1.82, 2.24) is 4.98 Å². The van der Waals surface area contributed by atoms with Gasteiger partial charge in [0.25, 0.3) is 0 Å². The second kappa shape index (κ2) is 5.55. The molecular weight excluding hydrogens is 306 g/mol. The molecule has 0 saturated heterocycles. The Hall–Kier alpha value is -1.17. The predicted octanol–water partition coefficient (Wildman–Crippen LogP) is 3.03. The van der Waals surface area contributed by atoms with Crippen LogP contribution in [0.1, 0.15) is 19.3 Å². The summed E-state index contributed by atoms with van der Waals surface area (Å²) in [7, 11) is 0. The molecule has 4 rings (SSSR count). The summed E-state index contributed by atoms with van der Waals surface area (Å²) in [5, 5.41) is 3.03. The monoisotopic (exact) mass is 323 g/mol. The Kier molecular flexibility index (Phi) is 3.90. The smallest absolute Gasteiger partial charge is 0.229 e. The minimum Gasteiger partial charge on any atom is -0.327 e. The van der Waals surface area contributed by atoms with E-state index in [2.05, 4.69) is 10.3 Å². The molecule has 0 radical (unpaired) electrons. The molecule has 4 unspecified atom stereocenters. The molecule has 0 aliphatic heterocycles. The summed E-state index contributed by atoms with van der Waals surface area (Å²) in [6.07, 6.45) is 3.48. The van der Waals surface area contributed by atoms with Crippen LogP contribution in [0.3, 0.4) is 0 Å². The molecule has 2 fully saturated rings. The fourth-order valence-electron chi connectivity index (χ4n) is 3.89. The predicted molar refractivity (Wildman–Crippen MR) is 87.8 cm³/mol. The molecule has 0 spiro atoms. The van der Waals surface area contributed by atoms with Crippen molar-refractivity contribution in [2.45, 2.75) is 25.3 Å². The standard InChI is InChI=1S/C15H17N3OS.ClH/c16-14-9-2-1-8(5-9)13(14)15(19)18-10-3-4-12-11(6-10)17-7-20-12;/h3-4,6-9,13-14H,1-2,5,16H2,(H,18,19);1H. The van der Waals surface area contributed by atoms with Crippen LogP contribution >= 0.6 is 23.7 Å². The molecule has 2 aliphatic carbocycles. The van der Waals surface area contributed by atoms with Crippen molar-refractivity contribution in [1.29, 1.82) is 0 Å². The van der Waals surface area contributed by atoms with Crippen molar-refractivity contribution < 1.29 is 4.79 Å². The summed E-state index contributed by atoms with van der Waals surface area (Å²) < 4.78 is 1.14. The Morgan fingerprint density at radius 2 is 2.14 bits per heavy atom. The van der Waals surface area contributed by atoms with Crippen molar-refractivity contribution >= 4 is 45.6 Å². The average Bonchev–Trinajstić information content (AvgIpc) is 3.12. The number of hydrogen-bond acceptors (Lipinski definition) is 4. The average molecular weight is 324 g/mol. The molecule has 2 saturated carbocycles. The van der Waals surface area contributed by atoms with Crippen LogP contribution in [0.2, 0.25) is 0 Å². The van der Waals surface area contributed by atoms with Gasteiger partial charge in [0, 0.05) is 11.7 Å². The number of anilines is 1. The lowest BCUT2D eigenvalue weighted by atomic mass is 9.84. The van der Waals surface area contributed by atoms with E-state index >= 15 is 0 Å². The number of carbonyl (C=O) groups excluding carboxylic acids is 1. The van der Waals surface area contributed by atoms with Gasteiger partial charge >= 0.3 is 0 Å². The van der Waals surface area contributed by atoms with Crippen LogP contribution in [-0.4, -0.2) is 16.9 Å². The number of carbonyl (C=O) groups is 1. The largest absolute Gasteiger partial charge is 0.327 e. The van der Waals surface area contributed by atoms with Gasteiger partial charge in [-0.15, -0.1) is 23.7 Å². The highest BCUT2D eigenvalue weighted by Gasteiger charge is 2.49. The second-order valence-electron chi connectivity index (χ2n) is 5.96. The number of nitrogens with zero attached hydrogens (tertiary/aromatic N) is 1. The number of amides is 1. The molecule has 1 heterocycles. The molecule has 2 bridgehead atoms. The molecule has 6 heteroatoms. The lowest BCUT2D eigenvalue weighted by Gasteiger charge is -2.27. The number of aromatic nitrogens is 1. The number of nitrogens with one attached hydrogen (secondary N) is 1. The first-order chi connectivity index (χ1) is 9.72. The zero-order valence-electron chi connectivity index (χ0n) is 11.5. The SMILES string of the molecule is Cl.NC1C2CCC(C2)C1C(=O)Nc1ccc2scnc2c1. The molecular formula is C15H18ClN3OS. The summed E-state index contributed by atoms with van der Waals surface area (Å²) in [6, 6.07) is 5.92. The van der Waals surface area contributed by atoms with Crippen LogP contribution in [0.25, 0.3) is 10.2 Å². The van der Waals surface area contributed by atoms with Gasteiger partial charge in [-0.2, -0.15) is 0 Å². The lowest BCUT2D eigenvalue weighted by molar-refractivity contribution is -0.121. The fourth-order valence-corrected chi connectivity index (χ4v) is 4.54. The van der Waals surface area contributed by atoms with Gasteiger partial charge in [0.1, 0.15) is 0 Å². The Balaban J connectivity index is 0.00000132. The maximum Gasteiger partial charge on any atom is 0.229 e. The summed E-state index contributed by atoms with van der Waals surface area (Å²) >= 11 is 1.61. The van der Waals surface area contributed by atoms with Crippen molar-refractivity contribution in [3.63, 3.8) is 0 Å². The third kappa shape index (κ3) is 2.43. The van der Waals surface area contributed by atoms with E-state index in [1.807, 2.05) is 23.7 Å². The Morgan fingerprint density at radius 3 is 2.90 bits per heavy atom. The number of rotatable bonds is 2. The minimum atomic E-state index is -0.0140. The fraction of sp³-hybridized carbons (Fsp3) is 0.467. The highest BCUT2D eigenvalue weighted by atomic mass is 35.5. The van der Waals surface area contributed by atoms with Crippen LogP contribution in [-0.2, 0) is 4.79 Å².